The average molecular weight is 538 g/mol. The molecule has 0 amide bonds. The first-order valence-electron chi connectivity index (χ1n) is 10.1. The minimum atomic E-state index is 0.208. The Morgan fingerprint density at radius 2 is 1.58 bits per heavy atom. The van der Waals surface area contributed by atoms with E-state index in [2.05, 4.69) is 32.6 Å². The van der Waals surface area contributed by atoms with Gasteiger partial charge in [-0.15, -0.1) is 0 Å². The predicted octanol–water partition coefficient (Wildman–Crippen LogP) is 3.51. The lowest BCUT2D eigenvalue weighted by Gasteiger charge is -2.13. The smallest absolute Gasteiger partial charge is 0.319 e. The van der Waals surface area contributed by atoms with Crippen molar-refractivity contribution in [3.05, 3.63) is 40.0 Å². The molecule has 2 aromatic carbocycles. The number of rotatable bonds is 12. The average Bonchev–Trinajstić information content (AvgIpc) is 2.75. The van der Waals surface area contributed by atoms with Gasteiger partial charge < -0.3 is 30.4 Å². The Morgan fingerprint density at radius 3 is 2.29 bits per heavy atom. The molecule has 0 saturated heterocycles. The summed E-state index contributed by atoms with van der Waals surface area (Å²) in [5, 5.41) is 0.717. The van der Waals surface area contributed by atoms with Gasteiger partial charge in [-0.05, 0) is 59.3 Å². The molecule has 1 heterocycles. The maximum atomic E-state index is 6.28. The molecule has 3 rings (SSSR count). The molecule has 3 aromatic rings. The molecule has 0 aliphatic rings. The zero-order valence-electron chi connectivity index (χ0n) is 17.5. The van der Waals surface area contributed by atoms with E-state index < -0.39 is 0 Å². The first-order chi connectivity index (χ1) is 15.1. The minimum Gasteiger partial charge on any atom is -0.461 e. The maximum absolute atomic E-state index is 6.28. The number of nitrogen functional groups attached to an aromatic ring is 2. The lowest BCUT2D eigenvalue weighted by Crippen LogP contribution is -2.13. The van der Waals surface area contributed by atoms with Crippen LogP contribution in [0.2, 0.25) is 0 Å². The van der Waals surface area contributed by atoms with Crippen LogP contribution < -0.4 is 16.2 Å². The van der Waals surface area contributed by atoms with Crippen molar-refractivity contribution in [2.45, 2.75) is 6.92 Å². The van der Waals surface area contributed by atoms with Gasteiger partial charge in [0.2, 0.25) is 0 Å². The molecule has 0 unspecified atom stereocenters. The monoisotopic (exact) mass is 538 g/mol. The number of aromatic nitrogens is 2. The molecule has 0 atom stereocenters. The van der Waals surface area contributed by atoms with Crippen LogP contribution in [-0.2, 0) is 14.2 Å². The number of nitrogens with zero attached hydrogens (tertiary/aromatic N) is 2. The van der Waals surface area contributed by atoms with Crippen molar-refractivity contribution in [2.75, 3.05) is 57.7 Å². The molecule has 8 nitrogen and oxygen atoms in total. The second-order valence-electron chi connectivity index (χ2n) is 6.60. The summed E-state index contributed by atoms with van der Waals surface area (Å²) < 4.78 is 22.8. The Hall–Kier alpha value is -2.21. The van der Waals surface area contributed by atoms with E-state index in [1.807, 2.05) is 43.3 Å². The first kappa shape index (κ1) is 23.5. The number of halogens is 1. The first-order valence-corrected chi connectivity index (χ1v) is 11.2. The van der Waals surface area contributed by atoms with Crippen molar-refractivity contribution < 1.29 is 18.9 Å². The molecule has 0 spiro atoms. The highest BCUT2D eigenvalue weighted by atomic mass is 127. The lowest BCUT2D eigenvalue weighted by atomic mass is 9.99. The molecular formula is C22H27IN4O4. The van der Waals surface area contributed by atoms with Crippen LogP contribution in [0.15, 0.2) is 36.4 Å². The van der Waals surface area contributed by atoms with Crippen LogP contribution in [0.25, 0.3) is 22.0 Å². The normalized spacial score (nSPS) is 11.2. The van der Waals surface area contributed by atoms with Crippen LogP contribution in [0.3, 0.4) is 0 Å². The van der Waals surface area contributed by atoms with Crippen LogP contribution in [0.4, 0.5) is 11.5 Å². The highest BCUT2D eigenvalue weighted by Crippen LogP contribution is 2.37. The number of anilines is 2. The second kappa shape index (κ2) is 12.0. The molecule has 0 fully saturated rings. The van der Waals surface area contributed by atoms with Gasteiger partial charge in [-0.2, -0.15) is 9.97 Å². The van der Waals surface area contributed by atoms with Crippen molar-refractivity contribution in [3.63, 3.8) is 0 Å². The number of nitrogens with two attached hydrogens (primary N) is 2. The van der Waals surface area contributed by atoms with E-state index in [0.29, 0.717) is 63.3 Å². The summed E-state index contributed by atoms with van der Waals surface area (Å²) in [5.41, 5.74) is 15.6. The highest BCUT2D eigenvalue weighted by Gasteiger charge is 2.15. The predicted molar refractivity (Wildman–Crippen MR) is 130 cm³/mol. The summed E-state index contributed by atoms with van der Waals surface area (Å²) in [4.78, 5) is 8.82. The Labute approximate surface area is 195 Å². The van der Waals surface area contributed by atoms with Gasteiger partial charge in [0.15, 0.2) is 0 Å². The summed E-state index contributed by atoms with van der Waals surface area (Å²) in [7, 11) is 0. The number of hydrogen-bond donors (Lipinski definition) is 2. The van der Waals surface area contributed by atoms with Crippen LogP contribution in [0.5, 0.6) is 6.01 Å². The largest absolute Gasteiger partial charge is 0.461 e. The van der Waals surface area contributed by atoms with Gasteiger partial charge >= 0.3 is 6.01 Å². The van der Waals surface area contributed by atoms with Crippen LogP contribution in [0, 0.1) is 3.57 Å². The summed E-state index contributed by atoms with van der Waals surface area (Å²) in [6.07, 6.45) is 0. The third kappa shape index (κ3) is 6.63. The van der Waals surface area contributed by atoms with E-state index in [1.165, 1.54) is 0 Å². The van der Waals surface area contributed by atoms with Crippen molar-refractivity contribution in [1.29, 1.82) is 0 Å². The van der Waals surface area contributed by atoms with E-state index >= 15 is 0 Å². The summed E-state index contributed by atoms with van der Waals surface area (Å²) in [5.74, 6) is 0.324. The molecule has 0 bridgehead atoms. The molecule has 0 radical (unpaired) electrons. The fourth-order valence-electron chi connectivity index (χ4n) is 3.04. The fraction of sp³-hybridized carbons (Fsp3) is 0.364. The SMILES string of the molecule is CCOCCOCCOCCOc1nc(N)c2c(-c3cccc(I)c3)c(N)ccc2n1. The van der Waals surface area contributed by atoms with E-state index in [9.17, 15) is 0 Å². The topological polar surface area (TPSA) is 115 Å². The van der Waals surface area contributed by atoms with Crippen LogP contribution >= 0.6 is 22.6 Å². The van der Waals surface area contributed by atoms with E-state index in [-0.39, 0.29) is 6.01 Å². The van der Waals surface area contributed by atoms with Gasteiger partial charge in [0.25, 0.3) is 0 Å². The fourth-order valence-corrected chi connectivity index (χ4v) is 3.59. The van der Waals surface area contributed by atoms with Crippen molar-refractivity contribution in [1.82, 2.24) is 9.97 Å². The number of ether oxygens (including phenoxy) is 4. The molecule has 0 aliphatic carbocycles. The highest BCUT2D eigenvalue weighted by molar-refractivity contribution is 14.1. The zero-order valence-corrected chi connectivity index (χ0v) is 19.6. The lowest BCUT2D eigenvalue weighted by molar-refractivity contribution is 0.0109. The molecular weight excluding hydrogens is 511 g/mol. The third-order valence-corrected chi connectivity index (χ3v) is 5.10. The van der Waals surface area contributed by atoms with Gasteiger partial charge in [-0.3, -0.25) is 0 Å². The van der Waals surface area contributed by atoms with Gasteiger partial charge in [-0.1, -0.05) is 12.1 Å². The Morgan fingerprint density at radius 1 is 0.871 bits per heavy atom. The molecule has 0 aliphatic heterocycles. The standard InChI is InChI=1S/C22H27IN4O4/c1-2-28-8-9-29-10-11-30-12-13-31-22-26-18-7-6-17(24)19(20(18)21(25)27-22)15-4-3-5-16(23)14-15/h3-7,14H,2,8-13,24H2,1H3,(H2,25,26,27). The van der Waals surface area contributed by atoms with Crippen molar-refractivity contribution in [3.8, 4) is 17.1 Å². The van der Waals surface area contributed by atoms with Gasteiger partial charge in [0.05, 0.1) is 43.9 Å². The van der Waals surface area contributed by atoms with E-state index in [4.69, 9.17) is 30.4 Å². The molecule has 1 aromatic heterocycles. The zero-order chi connectivity index (χ0) is 22.1. The Bertz CT molecular complexity index is 1000. The maximum Gasteiger partial charge on any atom is 0.319 e. The summed E-state index contributed by atoms with van der Waals surface area (Å²) in [6.45, 7) is 5.49. The summed E-state index contributed by atoms with van der Waals surface area (Å²) >= 11 is 2.27. The van der Waals surface area contributed by atoms with Gasteiger partial charge in [-0.25, -0.2) is 0 Å². The third-order valence-electron chi connectivity index (χ3n) is 4.42. The molecule has 9 heteroatoms. The van der Waals surface area contributed by atoms with Gasteiger partial charge in [0, 0.05) is 21.4 Å². The second-order valence-corrected chi connectivity index (χ2v) is 7.84. The Balaban J connectivity index is 1.60. The van der Waals surface area contributed by atoms with Crippen LogP contribution in [-0.4, -0.2) is 56.2 Å². The molecule has 31 heavy (non-hydrogen) atoms. The van der Waals surface area contributed by atoms with E-state index in [0.717, 1.165) is 20.1 Å². The van der Waals surface area contributed by atoms with Crippen molar-refractivity contribution >= 4 is 45.0 Å². The summed E-state index contributed by atoms with van der Waals surface area (Å²) in [6, 6.07) is 11.9. The number of fused-ring (bicyclic) bond motifs is 1. The minimum absolute atomic E-state index is 0.208. The molecule has 166 valence electrons. The molecule has 0 saturated carbocycles. The van der Waals surface area contributed by atoms with E-state index in [1.54, 1.807) is 0 Å². The van der Waals surface area contributed by atoms with Crippen molar-refractivity contribution in [2.24, 2.45) is 0 Å². The number of hydrogen-bond acceptors (Lipinski definition) is 8. The Kier molecular flexibility index (Phi) is 9.07. The van der Waals surface area contributed by atoms with Gasteiger partial charge in [0.1, 0.15) is 12.4 Å². The molecule has 4 N–H and O–H groups in total. The quantitative estimate of drug-likeness (QED) is 0.205. The number of benzene rings is 2. The van der Waals surface area contributed by atoms with Crippen LogP contribution in [0.1, 0.15) is 6.92 Å².